The molecule has 3 rings (SSSR count). The Morgan fingerprint density at radius 1 is 0.929 bits per heavy atom. The lowest BCUT2D eigenvalue weighted by Gasteiger charge is -2.24. The van der Waals surface area contributed by atoms with Crippen molar-refractivity contribution in [2.45, 2.75) is 13.1 Å². The van der Waals surface area contributed by atoms with Crippen LogP contribution in [0.25, 0.3) is 10.8 Å². The van der Waals surface area contributed by atoms with Crippen molar-refractivity contribution in [3.63, 3.8) is 0 Å². The third kappa shape index (κ3) is 1.05. The lowest BCUT2D eigenvalue weighted by Crippen LogP contribution is -2.32. The first-order chi connectivity index (χ1) is 6.84. The third-order valence-electron chi connectivity index (χ3n) is 2.82. The molecule has 2 heteroatoms. The van der Waals surface area contributed by atoms with E-state index in [2.05, 4.69) is 36.4 Å². The van der Waals surface area contributed by atoms with Gasteiger partial charge in [0.1, 0.15) is 0 Å². The standard InChI is InChI=1S/C12H12N2/c13-14-7-10-5-1-3-9-4-2-6-11(8-14)12(9)10/h1-6H,7-8,13H2. The number of nitrogens with two attached hydrogens (primary N) is 1. The SMILES string of the molecule is NN1Cc2cccc3cccc(c23)C1. The Morgan fingerprint density at radius 3 is 2.07 bits per heavy atom. The maximum atomic E-state index is 5.86. The first-order valence-electron chi connectivity index (χ1n) is 4.84. The molecule has 2 N–H and O–H groups in total. The van der Waals surface area contributed by atoms with Gasteiger partial charge in [0.25, 0.3) is 0 Å². The monoisotopic (exact) mass is 184 g/mol. The van der Waals surface area contributed by atoms with E-state index in [-0.39, 0.29) is 0 Å². The van der Waals surface area contributed by atoms with Crippen molar-refractivity contribution in [3.8, 4) is 0 Å². The second-order valence-electron chi connectivity index (χ2n) is 3.84. The number of benzene rings is 2. The molecule has 0 radical (unpaired) electrons. The molecule has 1 aliphatic rings. The van der Waals surface area contributed by atoms with Crippen molar-refractivity contribution < 1.29 is 0 Å². The van der Waals surface area contributed by atoms with Crippen molar-refractivity contribution in [1.82, 2.24) is 5.01 Å². The van der Waals surface area contributed by atoms with Crippen LogP contribution in [0.4, 0.5) is 0 Å². The Morgan fingerprint density at radius 2 is 1.50 bits per heavy atom. The van der Waals surface area contributed by atoms with Crippen molar-refractivity contribution in [1.29, 1.82) is 0 Å². The molecule has 0 bridgehead atoms. The summed E-state index contributed by atoms with van der Waals surface area (Å²) in [6.45, 7) is 1.71. The van der Waals surface area contributed by atoms with Crippen LogP contribution in [0.2, 0.25) is 0 Å². The zero-order valence-electron chi connectivity index (χ0n) is 7.90. The van der Waals surface area contributed by atoms with Gasteiger partial charge in [-0.3, -0.25) is 5.84 Å². The van der Waals surface area contributed by atoms with Crippen LogP contribution in [0.15, 0.2) is 36.4 Å². The molecule has 0 spiro atoms. The van der Waals surface area contributed by atoms with Gasteiger partial charge in [0.15, 0.2) is 0 Å². The van der Waals surface area contributed by atoms with Crippen LogP contribution in [-0.2, 0) is 13.1 Å². The summed E-state index contributed by atoms with van der Waals surface area (Å²) in [5.74, 6) is 5.86. The van der Waals surface area contributed by atoms with E-state index in [0.717, 1.165) is 13.1 Å². The highest BCUT2D eigenvalue weighted by molar-refractivity contribution is 5.89. The van der Waals surface area contributed by atoms with Gasteiger partial charge >= 0.3 is 0 Å². The Bertz CT molecular complexity index is 450. The Kier molecular flexibility index (Phi) is 1.60. The molecule has 0 aliphatic carbocycles. The second-order valence-corrected chi connectivity index (χ2v) is 3.84. The lowest BCUT2D eigenvalue weighted by atomic mass is 9.96. The van der Waals surface area contributed by atoms with Gasteiger partial charge in [-0.1, -0.05) is 36.4 Å². The summed E-state index contributed by atoms with van der Waals surface area (Å²) < 4.78 is 0. The van der Waals surface area contributed by atoms with E-state index in [1.807, 2.05) is 5.01 Å². The minimum atomic E-state index is 0.856. The van der Waals surface area contributed by atoms with Gasteiger partial charge in [-0.05, 0) is 21.9 Å². The van der Waals surface area contributed by atoms with Crippen molar-refractivity contribution >= 4 is 10.8 Å². The first kappa shape index (κ1) is 7.97. The summed E-state index contributed by atoms with van der Waals surface area (Å²) in [6.07, 6.45) is 0. The zero-order chi connectivity index (χ0) is 9.54. The van der Waals surface area contributed by atoms with E-state index >= 15 is 0 Å². The van der Waals surface area contributed by atoms with Gasteiger partial charge in [0.2, 0.25) is 0 Å². The van der Waals surface area contributed by atoms with Crippen LogP contribution in [-0.4, -0.2) is 5.01 Å². The molecule has 1 heterocycles. The van der Waals surface area contributed by atoms with Gasteiger partial charge < -0.3 is 0 Å². The number of rotatable bonds is 0. The number of hydrogen-bond donors (Lipinski definition) is 1. The maximum Gasteiger partial charge on any atom is 0.0389 e. The Labute approximate surface area is 82.9 Å². The fourth-order valence-corrected chi connectivity index (χ4v) is 2.26. The normalized spacial score (nSPS) is 16.1. The molecular formula is C12H12N2. The van der Waals surface area contributed by atoms with E-state index in [1.54, 1.807) is 0 Å². The minimum Gasteiger partial charge on any atom is -0.268 e. The molecular weight excluding hydrogens is 172 g/mol. The van der Waals surface area contributed by atoms with Crippen LogP contribution < -0.4 is 5.84 Å². The fourth-order valence-electron chi connectivity index (χ4n) is 2.26. The van der Waals surface area contributed by atoms with Crippen LogP contribution in [0.5, 0.6) is 0 Å². The predicted octanol–water partition coefficient (Wildman–Crippen LogP) is 2.03. The molecule has 0 amide bonds. The third-order valence-corrected chi connectivity index (χ3v) is 2.82. The van der Waals surface area contributed by atoms with Crippen LogP contribution >= 0.6 is 0 Å². The molecule has 0 saturated heterocycles. The molecule has 0 atom stereocenters. The average molecular weight is 184 g/mol. The molecule has 70 valence electrons. The summed E-state index contributed by atoms with van der Waals surface area (Å²) in [4.78, 5) is 0. The van der Waals surface area contributed by atoms with Gasteiger partial charge in [0, 0.05) is 13.1 Å². The summed E-state index contributed by atoms with van der Waals surface area (Å²) in [5, 5.41) is 4.58. The average Bonchev–Trinajstić information content (AvgIpc) is 2.18. The van der Waals surface area contributed by atoms with Gasteiger partial charge in [-0.2, -0.15) is 0 Å². The van der Waals surface area contributed by atoms with E-state index in [0.29, 0.717) is 0 Å². The molecule has 2 aromatic rings. The molecule has 0 aromatic heterocycles. The predicted molar refractivity (Wildman–Crippen MR) is 57.4 cm³/mol. The quantitative estimate of drug-likeness (QED) is 0.635. The van der Waals surface area contributed by atoms with Crippen LogP contribution in [0.1, 0.15) is 11.1 Å². The van der Waals surface area contributed by atoms with E-state index in [4.69, 9.17) is 5.84 Å². The molecule has 0 saturated carbocycles. The van der Waals surface area contributed by atoms with Crippen molar-refractivity contribution in [3.05, 3.63) is 47.5 Å². The van der Waals surface area contributed by atoms with Gasteiger partial charge in [-0.15, -0.1) is 0 Å². The van der Waals surface area contributed by atoms with Crippen LogP contribution in [0, 0.1) is 0 Å². The fraction of sp³-hybridized carbons (Fsp3) is 0.167. The number of hydrazine groups is 1. The number of nitrogens with zero attached hydrogens (tertiary/aromatic N) is 1. The highest BCUT2D eigenvalue weighted by atomic mass is 15.4. The van der Waals surface area contributed by atoms with Crippen LogP contribution in [0.3, 0.4) is 0 Å². The maximum absolute atomic E-state index is 5.86. The summed E-state index contributed by atoms with van der Waals surface area (Å²) >= 11 is 0. The molecule has 0 unspecified atom stereocenters. The topological polar surface area (TPSA) is 29.3 Å². The Balaban J connectivity index is 2.40. The summed E-state index contributed by atoms with van der Waals surface area (Å²) in [7, 11) is 0. The lowest BCUT2D eigenvalue weighted by molar-refractivity contribution is 0.261. The molecule has 2 nitrogen and oxygen atoms in total. The van der Waals surface area contributed by atoms with E-state index in [1.165, 1.54) is 21.9 Å². The highest BCUT2D eigenvalue weighted by Gasteiger charge is 2.14. The van der Waals surface area contributed by atoms with Gasteiger partial charge in [-0.25, -0.2) is 5.01 Å². The van der Waals surface area contributed by atoms with Gasteiger partial charge in [0.05, 0.1) is 0 Å². The molecule has 0 fully saturated rings. The number of hydrogen-bond acceptors (Lipinski definition) is 2. The van der Waals surface area contributed by atoms with E-state index < -0.39 is 0 Å². The smallest absolute Gasteiger partial charge is 0.0389 e. The minimum absolute atomic E-state index is 0.856. The zero-order valence-corrected chi connectivity index (χ0v) is 7.90. The summed E-state index contributed by atoms with van der Waals surface area (Å²) in [5.41, 5.74) is 2.68. The molecule has 1 aliphatic heterocycles. The second kappa shape index (κ2) is 2.80. The Hall–Kier alpha value is -1.38. The highest BCUT2D eigenvalue weighted by Crippen LogP contribution is 2.28. The summed E-state index contributed by atoms with van der Waals surface area (Å²) in [6, 6.07) is 12.8. The van der Waals surface area contributed by atoms with Crippen molar-refractivity contribution in [2.24, 2.45) is 5.84 Å². The first-order valence-corrected chi connectivity index (χ1v) is 4.84. The molecule has 14 heavy (non-hydrogen) atoms. The largest absolute Gasteiger partial charge is 0.268 e. The van der Waals surface area contributed by atoms with E-state index in [9.17, 15) is 0 Å². The molecule has 2 aromatic carbocycles. The van der Waals surface area contributed by atoms with Crippen molar-refractivity contribution in [2.75, 3.05) is 0 Å².